The molecule has 6 N–H and O–H groups in total. The van der Waals surface area contributed by atoms with Crippen LogP contribution in [0.3, 0.4) is 0 Å². The second kappa shape index (κ2) is 65.0. The molecule has 0 spiro atoms. The maximum absolute atomic E-state index is 10.1. The second-order valence-electron chi connectivity index (χ2n) is 16.6. The van der Waals surface area contributed by atoms with Crippen molar-refractivity contribution >= 4 is 50.0 Å². The zero-order valence-corrected chi connectivity index (χ0v) is 56.4. The molecule has 0 fully saturated rings. The number of hydrogen-bond acceptors (Lipinski definition) is 12. The molecule has 0 aliphatic heterocycles. The standard InChI is InChI=1S/6C8H14N2.6FH2O2P/c6*1-3-4-6-10-7-5-9-8(10)2;6*1-4(2)3/h6*5,7H,3-4,6H2,1-2H3;6*4H,(H,2,3). The summed E-state index contributed by atoms with van der Waals surface area (Å²) in [5.41, 5.74) is 0. The molecule has 6 aromatic rings. The van der Waals surface area contributed by atoms with Gasteiger partial charge >= 0.3 is 50.0 Å². The molecule has 0 aromatic carbocycles. The van der Waals surface area contributed by atoms with Gasteiger partial charge in [-0.2, -0.15) is 25.2 Å². The maximum Gasteiger partial charge on any atom is 0.353 e. The third kappa shape index (κ3) is 72.2. The molecule has 6 atom stereocenters. The van der Waals surface area contributed by atoms with Crippen LogP contribution in [0.4, 0.5) is 25.2 Å². The van der Waals surface area contributed by atoms with E-state index >= 15 is 0 Å². The SMILES string of the molecule is CCCCn1ccnc1C.CCCCn1ccnc1C.CCCCn1ccnc1C.CCCCn1ccnc1C.CCCCn1ccnc1C.CCCCn1ccnc1C.O=[PH](O)F.O=[PH](O)F.O=[PH](O)F.O=[PH](O)F.O=[PH](O)F.O=[PH](O)F. The van der Waals surface area contributed by atoms with Crippen molar-refractivity contribution in [1.82, 2.24) is 57.3 Å². The molecule has 84 heavy (non-hydrogen) atoms. The summed E-state index contributed by atoms with van der Waals surface area (Å²) in [6.45, 7) is 32.1. The third-order valence-corrected chi connectivity index (χ3v) is 10.1. The van der Waals surface area contributed by atoms with E-state index in [2.05, 4.69) is 98.8 Å². The number of aryl methyl sites for hydroxylation is 12. The van der Waals surface area contributed by atoms with Crippen molar-refractivity contribution in [1.29, 1.82) is 0 Å². The summed E-state index contributed by atoms with van der Waals surface area (Å²) in [4.78, 5) is 66.4. The van der Waals surface area contributed by atoms with Gasteiger partial charge in [0.2, 0.25) is 0 Å². The number of imidazole rings is 6. The Balaban J connectivity index is -0.000000202. The molecule has 36 heteroatoms. The Hall–Kier alpha value is -4.02. The van der Waals surface area contributed by atoms with Crippen LogP contribution in [0.2, 0.25) is 0 Å². The monoisotopic (exact) mass is 1330 g/mol. The van der Waals surface area contributed by atoms with E-state index in [-0.39, 0.29) is 0 Å². The van der Waals surface area contributed by atoms with Crippen LogP contribution < -0.4 is 0 Å². The van der Waals surface area contributed by atoms with Crippen molar-refractivity contribution in [3.8, 4) is 0 Å². The minimum Gasteiger partial charge on any atom is -0.335 e. The van der Waals surface area contributed by atoms with Crippen LogP contribution in [-0.4, -0.2) is 86.7 Å². The number of hydrogen-bond donors (Lipinski definition) is 6. The summed E-state index contributed by atoms with van der Waals surface area (Å²) in [6, 6.07) is 0. The summed E-state index contributed by atoms with van der Waals surface area (Å²) in [6.07, 6.45) is 38.3. The second-order valence-corrected chi connectivity index (χ2v) is 19.7. The van der Waals surface area contributed by atoms with Crippen LogP contribution >= 0.6 is 50.0 Å². The molecule has 24 nitrogen and oxygen atoms in total. The molecule has 6 heterocycles. The number of aromatic nitrogens is 12. The molecule has 0 saturated carbocycles. The fourth-order valence-corrected chi connectivity index (χ4v) is 5.81. The normalized spacial score (nSPS) is 11.7. The van der Waals surface area contributed by atoms with Crippen molar-refractivity contribution in [2.24, 2.45) is 0 Å². The van der Waals surface area contributed by atoms with Gasteiger partial charge in [-0.3, -0.25) is 27.4 Å². The van der Waals surface area contributed by atoms with Crippen LogP contribution in [0.1, 0.15) is 154 Å². The Bertz CT molecular complexity index is 2080. The van der Waals surface area contributed by atoms with Gasteiger partial charge in [-0.1, -0.05) is 80.1 Å². The lowest BCUT2D eigenvalue weighted by Crippen LogP contribution is -1.97. The van der Waals surface area contributed by atoms with E-state index in [1.807, 2.05) is 116 Å². The van der Waals surface area contributed by atoms with Gasteiger partial charge in [-0.15, -0.1) is 0 Å². The number of rotatable bonds is 18. The Morgan fingerprint density at radius 2 is 0.381 bits per heavy atom. The largest absolute Gasteiger partial charge is 0.353 e. The predicted octanol–water partition coefficient (Wildman–Crippen LogP) is 14.0. The first-order chi connectivity index (χ1) is 39.4. The zero-order chi connectivity index (χ0) is 65.8. The Labute approximate surface area is 496 Å². The van der Waals surface area contributed by atoms with Crippen LogP contribution in [-0.2, 0) is 66.7 Å². The minimum atomic E-state index is -3.63. The lowest BCUT2D eigenvalue weighted by atomic mass is 10.3. The summed E-state index contributed by atoms with van der Waals surface area (Å²) in [5, 5.41) is 0. The van der Waals surface area contributed by atoms with Crippen molar-refractivity contribution < 1.29 is 81.9 Å². The molecular weight excluding hydrogens is 1240 g/mol. The van der Waals surface area contributed by atoms with Crippen LogP contribution in [0, 0.1) is 41.5 Å². The highest BCUT2D eigenvalue weighted by Crippen LogP contribution is 2.13. The van der Waals surface area contributed by atoms with Gasteiger partial charge in [-0.25, -0.2) is 29.9 Å². The molecular formula is C48H96F6N12O12P6. The molecule has 492 valence electrons. The first-order valence-electron chi connectivity index (χ1n) is 26.6. The number of unbranched alkanes of at least 4 members (excludes halogenated alkanes) is 6. The van der Waals surface area contributed by atoms with Crippen LogP contribution in [0.25, 0.3) is 0 Å². The molecule has 0 aliphatic rings. The average molecular weight is 1330 g/mol. The van der Waals surface area contributed by atoms with Gasteiger partial charge < -0.3 is 56.8 Å². The van der Waals surface area contributed by atoms with Crippen molar-refractivity contribution in [3.63, 3.8) is 0 Å². The van der Waals surface area contributed by atoms with Gasteiger partial charge in [-0.05, 0) is 80.1 Å². The highest BCUT2D eigenvalue weighted by atomic mass is 31.2. The molecule has 6 unspecified atom stereocenters. The fraction of sp³-hybridized carbons (Fsp3) is 0.625. The number of nitrogens with zero attached hydrogens (tertiary/aromatic N) is 12. The molecule has 0 radical (unpaired) electrons. The van der Waals surface area contributed by atoms with Crippen LogP contribution in [0.15, 0.2) is 74.4 Å². The van der Waals surface area contributed by atoms with E-state index in [1.54, 1.807) is 0 Å². The highest BCUT2D eigenvalue weighted by Gasteiger charge is 1.97. The predicted molar refractivity (Wildman–Crippen MR) is 325 cm³/mol. The molecule has 0 amide bonds. The lowest BCUT2D eigenvalue weighted by molar-refractivity contribution is 0.458. The fourth-order valence-electron chi connectivity index (χ4n) is 5.81. The first kappa shape index (κ1) is 91.2. The number of halogens is 6. The van der Waals surface area contributed by atoms with Crippen molar-refractivity contribution in [2.45, 2.75) is 199 Å². The Morgan fingerprint density at radius 3 is 0.440 bits per heavy atom. The summed E-state index contributed by atoms with van der Waals surface area (Å²) in [7, 11) is -21.8. The Morgan fingerprint density at radius 1 is 0.286 bits per heavy atom. The van der Waals surface area contributed by atoms with E-state index in [9.17, 15) is 25.2 Å². The topological polar surface area (TPSA) is 331 Å². The van der Waals surface area contributed by atoms with Gasteiger partial charge in [0.05, 0.1) is 0 Å². The first-order valence-corrected chi connectivity index (χ1v) is 34.0. The quantitative estimate of drug-likeness (QED) is 0.0344. The van der Waals surface area contributed by atoms with Crippen molar-refractivity contribution in [2.75, 3.05) is 0 Å². The van der Waals surface area contributed by atoms with E-state index in [0.717, 1.165) is 74.2 Å². The molecule has 0 bridgehead atoms. The summed E-state index contributed by atoms with van der Waals surface area (Å²) < 4.78 is 125. The average Bonchev–Trinajstić information content (AvgIpc) is 4.30. The summed E-state index contributed by atoms with van der Waals surface area (Å²) >= 11 is 0. The molecule has 6 aromatic heterocycles. The van der Waals surface area contributed by atoms with E-state index < -0.39 is 50.0 Å². The van der Waals surface area contributed by atoms with Gasteiger partial charge in [0.1, 0.15) is 34.9 Å². The molecule has 0 saturated heterocycles. The van der Waals surface area contributed by atoms with Crippen LogP contribution in [0.5, 0.6) is 0 Å². The smallest absolute Gasteiger partial charge is 0.335 e. The van der Waals surface area contributed by atoms with E-state index in [0.29, 0.717) is 0 Å². The molecule has 6 rings (SSSR count). The summed E-state index contributed by atoms with van der Waals surface area (Å²) in [5.74, 6) is 6.71. The van der Waals surface area contributed by atoms with E-state index in [1.165, 1.54) is 77.0 Å². The Kier molecular flexibility index (Phi) is 70.5. The van der Waals surface area contributed by atoms with Crippen molar-refractivity contribution in [3.05, 3.63) is 109 Å². The molecule has 0 aliphatic carbocycles. The lowest BCUT2D eigenvalue weighted by Gasteiger charge is -2.01. The van der Waals surface area contributed by atoms with E-state index in [4.69, 9.17) is 56.8 Å². The highest BCUT2D eigenvalue weighted by molar-refractivity contribution is 7.32. The minimum absolute atomic E-state index is 1.11. The zero-order valence-electron chi connectivity index (χ0n) is 50.4. The third-order valence-electron chi connectivity index (χ3n) is 10.1. The van der Waals surface area contributed by atoms with Gasteiger partial charge in [0.15, 0.2) is 0 Å². The van der Waals surface area contributed by atoms with Gasteiger partial charge in [0, 0.05) is 114 Å². The maximum atomic E-state index is 10.1. The van der Waals surface area contributed by atoms with Gasteiger partial charge in [0.25, 0.3) is 0 Å².